The van der Waals surface area contributed by atoms with Crippen LogP contribution in [0.25, 0.3) is 50.1 Å². The maximum absolute atomic E-state index is 13.9. The van der Waals surface area contributed by atoms with Crippen LogP contribution in [0, 0.1) is 0 Å². The predicted octanol–water partition coefficient (Wildman–Crippen LogP) is 8.74. The number of benzene rings is 6. The minimum atomic E-state index is -3.69. The Kier molecular flexibility index (Phi) is 4.72. The number of imidazole rings is 1. The second-order valence-corrected chi connectivity index (χ2v) is 14.1. The second-order valence-electron chi connectivity index (χ2n) is 12.2. The first-order valence-electron chi connectivity index (χ1n) is 15.4. The van der Waals surface area contributed by atoms with E-state index >= 15 is 0 Å². The van der Waals surface area contributed by atoms with E-state index in [0.717, 1.165) is 17.0 Å². The molecule has 2 heterocycles. The molecule has 0 unspecified atom stereocenters. The second kappa shape index (κ2) is 8.46. The highest BCUT2D eigenvalue weighted by molar-refractivity contribution is 7.92. The first-order chi connectivity index (χ1) is 22.0. The molecule has 0 amide bonds. The first kappa shape index (κ1) is 25.1. The van der Waals surface area contributed by atoms with E-state index in [2.05, 4.69) is 102 Å². The van der Waals surface area contributed by atoms with Crippen molar-refractivity contribution in [2.24, 2.45) is 0 Å². The maximum atomic E-state index is 13.9. The summed E-state index contributed by atoms with van der Waals surface area (Å²) in [6.07, 6.45) is 0.691. The third-order valence-electron chi connectivity index (χ3n) is 10.1. The molecule has 0 atom stereocenters. The molecular weight excluding hydrogens is 573 g/mol. The molecule has 2 aliphatic carbocycles. The Labute approximate surface area is 261 Å². The SMILES string of the molecule is CCc1nc2cccc3c2n1-c1cc(-c2ccc4c(c2)C2(c5ccccc5-c5ccccc52)c2ccccc2-4)ccc1S3(=O)=O. The highest BCUT2D eigenvalue weighted by atomic mass is 32.2. The monoisotopic (exact) mass is 598 g/mol. The van der Waals surface area contributed by atoms with Crippen LogP contribution in [-0.4, -0.2) is 18.0 Å². The van der Waals surface area contributed by atoms with Crippen LogP contribution in [0.1, 0.15) is 35.0 Å². The molecule has 4 nitrogen and oxygen atoms in total. The molecule has 0 fully saturated rings. The summed E-state index contributed by atoms with van der Waals surface area (Å²) in [6.45, 7) is 2.06. The van der Waals surface area contributed by atoms with E-state index in [1.165, 1.54) is 44.5 Å². The fourth-order valence-corrected chi connectivity index (χ4v) is 9.97. The van der Waals surface area contributed by atoms with Gasteiger partial charge in [-0.1, -0.05) is 104 Å². The molecule has 10 rings (SSSR count). The number of hydrogen-bond donors (Lipinski definition) is 0. The number of nitrogens with zero attached hydrogens (tertiary/aromatic N) is 2. The van der Waals surface area contributed by atoms with Gasteiger partial charge in [-0.15, -0.1) is 0 Å². The summed E-state index contributed by atoms with van der Waals surface area (Å²) < 4.78 is 29.8. The molecule has 0 radical (unpaired) electrons. The van der Waals surface area contributed by atoms with Crippen molar-refractivity contribution in [3.63, 3.8) is 0 Å². The molecule has 1 spiro atoms. The summed E-state index contributed by atoms with van der Waals surface area (Å²) in [4.78, 5) is 5.47. The summed E-state index contributed by atoms with van der Waals surface area (Å²) in [6, 6.07) is 44.3. The molecule has 5 heteroatoms. The van der Waals surface area contributed by atoms with Gasteiger partial charge < -0.3 is 0 Å². The summed E-state index contributed by atoms with van der Waals surface area (Å²) in [5, 5.41) is 0. The van der Waals surface area contributed by atoms with Gasteiger partial charge in [0, 0.05) is 6.42 Å². The zero-order valence-corrected chi connectivity index (χ0v) is 25.3. The molecule has 0 saturated heterocycles. The Hall–Kier alpha value is -5.26. The average molecular weight is 599 g/mol. The zero-order valence-electron chi connectivity index (χ0n) is 24.5. The third kappa shape index (κ3) is 2.92. The van der Waals surface area contributed by atoms with Crippen molar-refractivity contribution in [3.8, 4) is 39.1 Å². The smallest absolute Gasteiger partial charge is 0.210 e. The predicted molar refractivity (Wildman–Crippen MR) is 178 cm³/mol. The van der Waals surface area contributed by atoms with Crippen molar-refractivity contribution in [2.75, 3.05) is 0 Å². The Bertz CT molecular complexity index is 2500. The molecule has 6 aromatic carbocycles. The Morgan fingerprint density at radius 1 is 0.600 bits per heavy atom. The fourth-order valence-electron chi connectivity index (χ4n) is 8.35. The molecule has 0 N–H and O–H groups in total. The van der Waals surface area contributed by atoms with Gasteiger partial charge in [0.25, 0.3) is 0 Å². The Morgan fingerprint density at radius 3 is 1.82 bits per heavy atom. The van der Waals surface area contributed by atoms with Crippen LogP contribution >= 0.6 is 0 Å². The van der Waals surface area contributed by atoms with Crippen molar-refractivity contribution in [1.29, 1.82) is 0 Å². The molecular formula is C40H26N2O2S. The molecule has 0 bridgehead atoms. The first-order valence-corrected chi connectivity index (χ1v) is 16.9. The van der Waals surface area contributed by atoms with Crippen molar-refractivity contribution in [1.82, 2.24) is 9.55 Å². The number of hydrogen-bond acceptors (Lipinski definition) is 3. The topological polar surface area (TPSA) is 52.0 Å². The van der Waals surface area contributed by atoms with E-state index in [0.29, 0.717) is 32.9 Å². The largest absolute Gasteiger partial charge is 0.294 e. The standard InChI is InChI=1S/C40H26N2O2S/c1-2-38-41-34-16-9-17-37-39(34)42(38)35-23-25(19-21-36(35)45(37,43)44)24-18-20-29-28-12-5-8-15-32(28)40(33(29)22-24)30-13-6-3-10-26(30)27-11-4-7-14-31(27)40/h3-23H,2H2,1H3. The average Bonchev–Trinajstić information content (AvgIpc) is 3.71. The zero-order chi connectivity index (χ0) is 30.1. The number of rotatable bonds is 2. The minimum Gasteiger partial charge on any atom is -0.294 e. The lowest BCUT2D eigenvalue weighted by Gasteiger charge is -2.30. The van der Waals surface area contributed by atoms with Gasteiger partial charge in [-0.25, -0.2) is 13.4 Å². The van der Waals surface area contributed by atoms with Crippen LogP contribution in [0.2, 0.25) is 0 Å². The fraction of sp³-hybridized carbons (Fsp3) is 0.0750. The molecule has 1 aliphatic heterocycles. The van der Waals surface area contributed by atoms with Crippen LogP contribution in [0.15, 0.2) is 137 Å². The van der Waals surface area contributed by atoms with Gasteiger partial charge in [-0.3, -0.25) is 4.57 Å². The van der Waals surface area contributed by atoms with Crippen molar-refractivity contribution >= 4 is 20.9 Å². The molecule has 0 saturated carbocycles. The van der Waals surface area contributed by atoms with Crippen LogP contribution < -0.4 is 0 Å². The van der Waals surface area contributed by atoms with Crippen LogP contribution in [0.3, 0.4) is 0 Å². The highest BCUT2D eigenvalue weighted by Gasteiger charge is 2.51. The molecule has 45 heavy (non-hydrogen) atoms. The van der Waals surface area contributed by atoms with Gasteiger partial charge in [-0.05, 0) is 86.0 Å². The van der Waals surface area contributed by atoms with E-state index in [1.54, 1.807) is 18.2 Å². The normalized spacial score (nSPS) is 15.4. The molecule has 214 valence electrons. The van der Waals surface area contributed by atoms with Crippen LogP contribution in [0.5, 0.6) is 0 Å². The Morgan fingerprint density at radius 2 is 1.18 bits per heavy atom. The van der Waals surface area contributed by atoms with Crippen molar-refractivity contribution in [2.45, 2.75) is 28.6 Å². The number of para-hydroxylation sites is 1. The van der Waals surface area contributed by atoms with E-state index in [9.17, 15) is 8.42 Å². The number of aromatic nitrogens is 2. The maximum Gasteiger partial charge on any atom is 0.210 e. The lowest BCUT2D eigenvalue weighted by molar-refractivity contribution is 0.594. The van der Waals surface area contributed by atoms with Gasteiger partial charge in [0.05, 0.1) is 31.9 Å². The van der Waals surface area contributed by atoms with E-state index in [-0.39, 0.29) is 0 Å². The van der Waals surface area contributed by atoms with Gasteiger partial charge in [-0.2, -0.15) is 0 Å². The van der Waals surface area contributed by atoms with E-state index < -0.39 is 15.3 Å². The van der Waals surface area contributed by atoms with E-state index in [1.807, 2.05) is 18.2 Å². The van der Waals surface area contributed by atoms with Crippen molar-refractivity contribution in [3.05, 3.63) is 155 Å². The molecule has 1 aromatic heterocycles. The summed E-state index contributed by atoms with van der Waals surface area (Å²) >= 11 is 0. The minimum absolute atomic E-state index is 0.322. The quantitative estimate of drug-likeness (QED) is 0.200. The summed E-state index contributed by atoms with van der Waals surface area (Å²) in [7, 11) is -3.69. The van der Waals surface area contributed by atoms with Crippen LogP contribution in [0.4, 0.5) is 0 Å². The summed E-state index contributed by atoms with van der Waals surface area (Å²) in [5.41, 5.74) is 13.8. The lowest BCUT2D eigenvalue weighted by atomic mass is 9.70. The number of fused-ring (bicyclic) bond motifs is 12. The highest BCUT2D eigenvalue weighted by Crippen LogP contribution is 2.63. The van der Waals surface area contributed by atoms with Crippen molar-refractivity contribution < 1.29 is 8.42 Å². The Balaban J connectivity index is 1.25. The van der Waals surface area contributed by atoms with E-state index in [4.69, 9.17) is 4.98 Å². The molecule has 3 aliphatic rings. The summed E-state index contributed by atoms with van der Waals surface area (Å²) in [5.74, 6) is 0.855. The number of aryl methyl sites for hydroxylation is 1. The third-order valence-corrected chi connectivity index (χ3v) is 12.0. The number of sulfone groups is 1. The van der Waals surface area contributed by atoms with Crippen LogP contribution in [-0.2, 0) is 21.7 Å². The molecule has 7 aromatic rings. The van der Waals surface area contributed by atoms with Gasteiger partial charge in [0.1, 0.15) is 5.82 Å². The van der Waals surface area contributed by atoms with Gasteiger partial charge >= 0.3 is 0 Å². The van der Waals surface area contributed by atoms with Gasteiger partial charge in [0.15, 0.2) is 0 Å². The van der Waals surface area contributed by atoms with Gasteiger partial charge in [0.2, 0.25) is 9.84 Å². The lowest BCUT2D eigenvalue weighted by Crippen LogP contribution is -2.25.